The highest BCUT2D eigenvalue weighted by atomic mass is 32.1. The van der Waals surface area contributed by atoms with Crippen molar-refractivity contribution in [1.82, 2.24) is 10.6 Å². The third-order valence-electron chi connectivity index (χ3n) is 3.50. The zero-order valence-electron chi connectivity index (χ0n) is 12.0. The summed E-state index contributed by atoms with van der Waals surface area (Å²) in [4.78, 5) is 32.1. The van der Waals surface area contributed by atoms with E-state index in [9.17, 15) is 25.0 Å². The molecule has 10 heteroatoms. The standard InChI is InChI=1S/C13H14N4O5S/c18-12(15-13(23)14-9-3-1-2-4-9)8-5-10(16(19)20)7-11(6-8)17(21)22/h5-7,9H,1-4H2,(H2,14,15,18,23). The molecule has 0 spiro atoms. The van der Waals surface area contributed by atoms with Gasteiger partial charge >= 0.3 is 0 Å². The molecule has 1 fully saturated rings. The fraction of sp³-hybridized carbons (Fsp3) is 0.385. The minimum Gasteiger partial charge on any atom is -0.360 e. The highest BCUT2D eigenvalue weighted by molar-refractivity contribution is 7.80. The molecule has 1 aromatic carbocycles. The maximum Gasteiger partial charge on any atom is 0.277 e. The molecule has 0 saturated heterocycles. The predicted octanol–water partition coefficient (Wildman–Crippen LogP) is 2.05. The first-order valence-electron chi connectivity index (χ1n) is 6.92. The molecule has 0 bridgehead atoms. The number of nitrogens with zero attached hydrogens (tertiary/aromatic N) is 2. The van der Waals surface area contributed by atoms with Crippen LogP contribution in [0.2, 0.25) is 0 Å². The Morgan fingerprint density at radius 3 is 2.09 bits per heavy atom. The van der Waals surface area contributed by atoms with Crippen LogP contribution >= 0.6 is 12.2 Å². The highest BCUT2D eigenvalue weighted by Gasteiger charge is 2.21. The number of carbonyl (C=O) groups is 1. The zero-order valence-corrected chi connectivity index (χ0v) is 12.8. The Hall–Kier alpha value is -2.62. The average Bonchev–Trinajstić information content (AvgIpc) is 2.99. The average molecular weight is 338 g/mol. The smallest absolute Gasteiger partial charge is 0.277 e. The van der Waals surface area contributed by atoms with Crippen molar-refractivity contribution in [1.29, 1.82) is 0 Å². The van der Waals surface area contributed by atoms with Crippen LogP contribution in [0.3, 0.4) is 0 Å². The number of benzene rings is 1. The van der Waals surface area contributed by atoms with Crippen LogP contribution < -0.4 is 10.6 Å². The van der Waals surface area contributed by atoms with Crippen molar-refractivity contribution in [3.8, 4) is 0 Å². The molecule has 0 unspecified atom stereocenters. The summed E-state index contributed by atoms with van der Waals surface area (Å²) < 4.78 is 0. The molecule has 1 saturated carbocycles. The van der Waals surface area contributed by atoms with Gasteiger partial charge in [-0.1, -0.05) is 12.8 Å². The van der Waals surface area contributed by atoms with Gasteiger partial charge in [-0.15, -0.1) is 0 Å². The molecule has 1 aliphatic carbocycles. The van der Waals surface area contributed by atoms with Gasteiger partial charge in [0.1, 0.15) is 0 Å². The first-order chi connectivity index (χ1) is 10.9. The second-order valence-electron chi connectivity index (χ2n) is 5.16. The number of nitro groups is 2. The van der Waals surface area contributed by atoms with Gasteiger partial charge in [0.25, 0.3) is 17.3 Å². The minimum absolute atomic E-state index is 0.107. The van der Waals surface area contributed by atoms with Crippen LogP contribution in [0, 0.1) is 20.2 Å². The molecule has 1 amide bonds. The molecule has 23 heavy (non-hydrogen) atoms. The summed E-state index contributed by atoms with van der Waals surface area (Å²) in [5.41, 5.74) is -1.25. The van der Waals surface area contributed by atoms with E-state index in [0.717, 1.165) is 43.9 Å². The van der Waals surface area contributed by atoms with Gasteiger partial charge in [0.05, 0.1) is 21.5 Å². The van der Waals surface area contributed by atoms with E-state index in [1.165, 1.54) is 0 Å². The summed E-state index contributed by atoms with van der Waals surface area (Å²) in [7, 11) is 0. The van der Waals surface area contributed by atoms with E-state index in [1.54, 1.807) is 0 Å². The van der Waals surface area contributed by atoms with Gasteiger partial charge in [0, 0.05) is 18.2 Å². The number of nitrogens with one attached hydrogen (secondary N) is 2. The molecule has 1 aliphatic rings. The Labute approximate surface area is 136 Å². The number of nitro benzene ring substituents is 2. The van der Waals surface area contributed by atoms with Gasteiger partial charge in [-0.2, -0.15) is 0 Å². The molecular weight excluding hydrogens is 324 g/mol. The number of hydrogen-bond donors (Lipinski definition) is 2. The van der Waals surface area contributed by atoms with Crippen molar-refractivity contribution in [2.75, 3.05) is 0 Å². The fourth-order valence-corrected chi connectivity index (χ4v) is 2.66. The first kappa shape index (κ1) is 16.7. The van der Waals surface area contributed by atoms with E-state index in [0.29, 0.717) is 0 Å². The van der Waals surface area contributed by atoms with E-state index in [2.05, 4.69) is 10.6 Å². The van der Waals surface area contributed by atoms with Crippen LogP contribution in [-0.2, 0) is 0 Å². The molecular formula is C13H14N4O5S. The number of amides is 1. The Kier molecular flexibility index (Phi) is 5.16. The summed E-state index contributed by atoms with van der Waals surface area (Å²) in [5.74, 6) is -0.729. The minimum atomic E-state index is -0.793. The van der Waals surface area contributed by atoms with Crippen molar-refractivity contribution in [3.05, 3.63) is 44.0 Å². The second kappa shape index (κ2) is 7.09. The van der Waals surface area contributed by atoms with Gasteiger partial charge < -0.3 is 5.32 Å². The van der Waals surface area contributed by atoms with Gasteiger partial charge in [-0.25, -0.2) is 0 Å². The van der Waals surface area contributed by atoms with Crippen LogP contribution in [0.5, 0.6) is 0 Å². The summed E-state index contributed by atoms with van der Waals surface area (Å²) in [5, 5.41) is 27.1. The quantitative estimate of drug-likeness (QED) is 0.488. The predicted molar refractivity (Wildman–Crippen MR) is 85.2 cm³/mol. The molecule has 122 valence electrons. The van der Waals surface area contributed by atoms with Crippen LogP contribution in [0.15, 0.2) is 18.2 Å². The normalized spacial score (nSPS) is 14.3. The van der Waals surface area contributed by atoms with Gasteiger partial charge in [-0.05, 0) is 25.1 Å². The summed E-state index contributed by atoms with van der Waals surface area (Å²) >= 11 is 5.02. The molecule has 1 aromatic rings. The number of thiocarbonyl (C=S) groups is 1. The van der Waals surface area contributed by atoms with E-state index in [4.69, 9.17) is 12.2 Å². The van der Waals surface area contributed by atoms with Crippen molar-refractivity contribution < 1.29 is 14.6 Å². The maximum atomic E-state index is 12.1. The third-order valence-corrected chi connectivity index (χ3v) is 3.72. The molecule has 0 atom stereocenters. The van der Waals surface area contributed by atoms with Crippen molar-refractivity contribution in [2.24, 2.45) is 0 Å². The maximum absolute atomic E-state index is 12.1. The second-order valence-corrected chi connectivity index (χ2v) is 5.57. The molecule has 0 aliphatic heterocycles. The van der Waals surface area contributed by atoms with Crippen molar-refractivity contribution in [3.63, 3.8) is 0 Å². The van der Waals surface area contributed by atoms with Crippen LogP contribution in [-0.4, -0.2) is 26.9 Å². The summed E-state index contributed by atoms with van der Waals surface area (Å²) in [6, 6.07) is 2.94. The monoisotopic (exact) mass is 338 g/mol. The van der Waals surface area contributed by atoms with Gasteiger partial charge in [0.15, 0.2) is 5.11 Å². The lowest BCUT2D eigenvalue weighted by Gasteiger charge is -2.14. The molecule has 2 rings (SSSR count). The molecule has 0 radical (unpaired) electrons. The van der Waals surface area contributed by atoms with Gasteiger partial charge in [-0.3, -0.25) is 30.3 Å². The van der Waals surface area contributed by atoms with Crippen molar-refractivity contribution in [2.45, 2.75) is 31.7 Å². The molecule has 0 heterocycles. The number of rotatable bonds is 4. The molecule has 2 N–H and O–H groups in total. The third kappa shape index (κ3) is 4.42. The number of carbonyl (C=O) groups excluding carboxylic acids is 1. The lowest BCUT2D eigenvalue weighted by molar-refractivity contribution is -0.394. The highest BCUT2D eigenvalue weighted by Crippen LogP contribution is 2.22. The summed E-state index contributed by atoms with van der Waals surface area (Å²) in [6.07, 6.45) is 4.09. The van der Waals surface area contributed by atoms with Crippen LogP contribution in [0.4, 0.5) is 11.4 Å². The first-order valence-corrected chi connectivity index (χ1v) is 7.33. The van der Waals surface area contributed by atoms with Crippen molar-refractivity contribution >= 4 is 34.6 Å². The van der Waals surface area contributed by atoms with E-state index >= 15 is 0 Å². The van der Waals surface area contributed by atoms with Crippen LogP contribution in [0.25, 0.3) is 0 Å². The number of non-ortho nitro benzene ring substituents is 2. The molecule has 9 nitrogen and oxygen atoms in total. The topological polar surface area (TPSA) is 127 Å². The largest absolute Gasteiger partial charge is 0.360 e. The number of hydrogen-bond acceptors (Lipinski definition) is 6. The Balaban J connectivity index is 2.12. The van der Waals surface area contributed by atoms with E-state index in [1.807, 2.05) is 0 Å². The van der Waals surface area contributed by atoms with Gasteiger partial charge in [0.2, 0.25) is 0 Å². The SMILES string of the molecule is O=C(NC(=S)NC1CCCC1)c1cc([N+](=O)[O-])cc([N+](=O)[O-])c1. The van der Waals surface area contributed by atoms with E-state index in [-0.39, 0.29) is 16.7 Å². The molecule has 0 aromatic heterocycles. The van der Waals surface area contributed by atoms with Crippen LogP contribution in [0.1, 0.15) is 36.0 Å². The fourth-order valence-electron chi connectivity index (χ4n) is 2.40. The zero-order chi connectivity index (χ0) is 17.0. The Morgan fingerprint density at radius 2 is 1.61 bits per heavy atom. The summed E-state index contributed by atoms with van der Waals surface area (Å²) in [6.45, 7) is 0. The Morgan fingerprint density at radius 1 is 1.09 bits per heavy atom. The lowest BCUT2D eigenvalue weighted by atomic mass is 10.1. The van der Waals surface area contributed by atoms with E-state index < -0.39 is 27.1 Å². The Bertz CT molecular complexity index is 640. The lowest BCUT2D eigenvalue weighted by Crippen LogP contribution is -2.43.